The van der Waals surface area contributed by atoms with E-state index in [1.54, 1.807) is 48.9 Å². The molecule has 0 unspecified atom stereocenters. The van der Waals surface area contributed by atoms with Gasteiger partial charge in [-0.2, -0.15) is 10.2 Å². The molecule has 3 N–H and O–H groups in total. The molecule has 4 aromatic heterocycles. The maximum atomic E-state index is 12.4. The van der Waals surface area contributed by atoms with Crippen molar-refractivity contribution in [1.82, 2.24) is 29.2 Å². The summed E-state index contributed by atoms with van der Waals surface area (Å²) in [6.07, 6.45) is 9.25. The van der Waals surface area contributed by atoms with Crippen molar-refractivity contribution >= 4 is 28.9 Å². The molecule has 0 bridgehead atoms. The summed E-state index contributed by atoms with van der Waals surface area (Å²) in [4.78, 5) is 31.0. The van der Waals surface area contributed by atoms with Gasteiger partial charge in [0.15, 0.2) is 11.3 Å². The molecule has 1 amide bonds. The van der Waals surface area contributed by atoms with E-state index in [0.29, 0.717) is 33.9 Å². The molecule has 0 saturated heterocycles. The molecule has 12 nitrogen and oxygen atoms in total. The van der Waals surface area contributed by atoms with Gasteiger partial charge in [-0.3, -0.25) is 4.79 Å². The van der Waals surface area contributed by atoms with Gasteiger partial charge in [0.2, 0.25) is 0 Å². The number of aromatic carboxylic acids is 1. The lowest BCUT2D eigenvalue weighted by atomic mass is 10.2. The Kier molecular flexibility index (Phi) is 6.41. The fraction of sp³-hybridized carbons (Fsp3) is 0.0909. The van der Waals surface area contributed by atoms with Gasteiger partial charge in [0, 0.05) is 24.8 Å². The molecule has 34 heavy (non-hydrogen) atoms. The predicted molar refractivity (Wildman–Crippen MR) is 120 cm³/mol. The topological polar surface area (TPSA) is 156 Å². The van der Waals surface area contributed by atoms with E-state index in [0.717, 1.165) is 0 Å². The van der Waals surface area contributed by atoms with Crippen LogP contribution in [0.3, 0.4) is 0 Å². The first-order valence-electron chi connectivity index (χ1n) is 9.91. The normalized spacial score (nSPS) is 10.5. The van der Waals surface area contributed by atoms with Crippen LogP contribution in [-0.2, 0) is 6.61 Å². The summed E-state index contributed by atoms with van der Waals surface area (Å²) in [6.45, 7) is -0.0947. The fourth-order valence-electron chi connectivity index (χ4n) is 3.09. The molecular formula is C22H19N7O5. The molecule has 12 heteroatoms. The number of carbonyl (C=O) groups excluding carboxylic acids is 1. The number of methoxy groups -OCH3 is 1. The number of carboxylic acids is 1. The first-order valence-corrected chi connectivity index (χ1v) is 9.91. The van der Waals surface area contributed by atoms with Crippen molar-refractivity contribution in [3.05, 3.63) is 84.2 Å². The van der Waals surface area contributed by atoms with E-state index in [9.17, 15) is 9.59 Å². The lowest BCUT2D eigenvalue weighted by Gasteiger charge is -2.10. The summed E-state index contributed by atoms with van der Waals surface area (Å²) in [6, 6.07) is 8.49. The highest BCUT2D eigenvalue weighted by molar-refractivity contribution is 6.08. The number of fused-ring (bicyclic) bond motifs is 2. The fourth-order valence-corrected chi connectivity index (χ4v) is 3.09. The Morgan fingerprint density at radius 3 is 2.21 bits per heavy atom. The molecule has 5 aromatic rings. The van der Waals surface area contributed by atoms with Gasteiger partial charge in [-0.25, -0.2) is 23.8 Å². The molecule has 0 fully saturated rings. The third-order valence-corrected chi connectivity index (χ3v) is 4.73. The van der Waals surface area contributed by atoms with Crippen molar-refractivity contribution in [3.63, 3.8) is 0 Å². The van der Waals surface area contributed by atoms with Crippen molar-refractivity contribution < 1.29 is 24.5 Å². The third kappa shape index (κ3) is 4.52. The van der Waals surface area contributed by atoms with Crippen LogP contribution in [0.1, 0.15) is 26.3 Å². The van der Waals surface area contributed by atoms with Crippen molar-refractivity contribution in [1.29, 1.82) is 0 Å². The summed E-state index contributed by atoms with van der Waals surface area (Å²) in [5.41, 5.74) is 2.55. The van der Waals surface area contributed by atoms with E-state index >= 15 is 0 Å². The molecule has 0 aliphatic heterocycles. The Morgan fingerprint density at radius 1 is 1.00 bits per heavy atom. The molecule has 1 aromatic carbocycles. The quantitative estimate of drug-likeness (QED) is 0.356. The number of nitrogens with one attached hydrogen (secondary N) is 1. The average Bonchev–Trinajstić information content (AvgIpc) is 3.49. The Morgan fingerprint density at radius 2 is 1.62 bits per heavy atom. The molecule has 172 valence electrons. The van der Waals surface area contributed by atoms with Crippen molar-refractivity contribution in [2.24, 2.45) is 0 Å². The minimum absolute atomic E-state index is 0.0947. The van der Waals surface area contributed by atoms with Gasteiger partial charge in [-0.15, -0.1) is 0 Å². The van der Waals surface area contributed by atoms with Crippen LogP contribution >= 0.6 is 0 Å². The van der Waals surface area contributed by atoms with Crippen LogP contribution in [-0.4, -0.2) is 58.4 Å². The zero-order chi connectivity index (χ0) is 24.1. The highest BCUT2D eigenvalue weighted by atomic mass is 16.5. The largest absolute Gasteiger partial charge is 0.495 e. The number of hydrogen-bond donors (Lipinski definition) is 3. The second-order valence-electron chi connectivity index (χ2n) is 6.84. The molecule has 4 heterocycles. The van der Waals surface area contributed by atoms with E-state index in [-0.39, 0.29) is 18.1 Å². The molecule has 0 radical (unpaired) electrons. The number of ether oxygens (including phenoxy) is 1. The van der Waals surface area contributed by atoms with Gasteiger partial charge in [0.1, 0.15) is 16.9 Å². The van der Waals surface area contributed by atoms with E-state index in [1.165, 1.54) is 34.7 Å². The van der Waals surface area contributed by atoms with Crippen LogP contribution in [0.4, 0.5) is 5.69 Å². The number of amides is 1. The Labute approximate surface area is 192 Å². The van der Waals surface area contributed by atoms with E-state index in [1.807, 2.05) is 0 Å². The lowest BCUT2D eigenvalue weighted by molar-refractivity contribution is 0.0698. The summed E-state index contributed by atoms with van der Waals surface area (Å²) < 4.78 is 8.18. The van der Waals surface area contributed by atoms with E-state index < -0.39 is 5.97 Å². The number of aromatic nitrogens is 6. The van der Waals surface area contributed by atoms with Crippen LogP contribution in [0.2, 0.25) is 0 Å². The highest BCUT2D eigenvalue weighted by Gasteiger charge is 2.16. The van der Waals surface area contributed by atoms with Crippen molar-refractivity contribution in [2.45, 2.75) is 6.61 Å². The standard InChI is InChI=1S/C15H14N4O3.C7H5N3O2/c1-22-13-7-10(9-20)3-4-12(13)18-15(21)11-8-17-19-6-2-5-16-14(11)19;11-7(12)5-4-9-10-3-1-2-8-6(5)10/h2-8,20H,9H2,1H3,(H,18,21);1-4H,(H,11,12). The summed E-state index contributed by atoms with van der Waals surface area (Å²) in [5, 5.41) is 28.5. The number of carbonyl (C=O) groups is 2. The summed E-state index contributed by atoms with van der Waals surface area (Å²) in [7, 11) is 1.50. The minimum atomic E-state index is -1.01. The average molecular weight is 461 g/mol. The molecule has 0 aliphatic carbocycles. The Hall–Kier alpha value is -4.84. The maximum absolute atomic E-state index is 12.4. The van der Waals surface area contributed by atoms with Crippen LogP contribution in [0.5, 0.6) is 5.75 Å². The summed E-state index contributed by atoms with van der Waals surface area (Å²) in [5.74, 6) is -0.864. The highest BCUT2D eigenvalue weighted by Crippen LogP contribution is 2.26. The Balaban J connectivity index is 0.000000192. The molecule has 0 saturated carbocycles. The first kappa shape index (κ1) is 22.4. The van der Waals surface area contributed by atoms with E-state index in [4.69, 9.17) is 14.9 Å². The number of hydrogen-bond acceptors (Lipinski definition) is 8. The number of carboxylic acid groups (broad SMARTS) is 1. The summed E-state index contributed by atoms with van der Waals surface area (Å²) >= 11 is 0. The molecule has 0 spiro atoms. The second kappa shape index (κ2) is 9.75. The molecular weight excluding hydrogens is 442 g/mol. The van der Waals surface area contributed by atoms with Gasteiger partial charge in [-0.1, -0.05) is 6.07 Å². The van der Waals surface area contributed by atoms with Gasteiger partial charge in [0.05, 0.1) is 31.8 Å². The van der Waals surface area contributed by atoms with Gasteiger partial charge in [0.25, 0.3) is 5.91 Å². The molecule has 5 rings (SSSR count). The zero-order valence-electron chi connectivity index (χ0n) is 17.9. The van der Waals surface area contributed by atoms with E-state index in [2.05, 4.69) is 25.5 Å². The van der Waals surface area contributed by atoms with Gasteiger partial charge in [-0.05, 0) is 29.8 Å². The number of anilines is 1. The predicted octanol–water partition coefficient (Wildman–Crippen LogP) is 1.91. The second-order valence-corrected chi connectivity index (χ2v) is 6.84. The van der Waals surface area contributed by atoms with Crippen molar-refractivity contribution in [2.75, 3.05) is 12.4 Å². The van der Waals surface area contributed by atoms with Crippen LogP contribution in [0, 0.1) is 0 Å². The zero-order valence-corrected chi connectivity index (χ0v) is 17.9. The lowest BCUT2D eigenvalue weighted by Crippen LogP contribution is -2.13. The Bertz CT molecular complexity index is 1480. The SMILES string of the molecule is COc1cc(CO)ccc1NC(=O)c1cnn2cccnc12.O=C(O)c1cnn2cccnc12. The third-order valence-electron chi connectivity index (χ3n) is 4.73. The van der Waals surface area contributed by atoms with Crippen LogP contribution < -0.4 is 10.1 Å². The number of aliphatic hydroxyl groups is 1. The minimum Gasteiger partial charge on any atom is -0.495 e. The van der Waals surface area contributed by atoms with Gasteiger partial charge < -0.3 is 20.3 Å². The number of aliphatic hydroxyl groups excluding tert-OH is 1. The molecule has 0 aliphatic rings. The molecule has 0 atom stereocenters. The number of nitrogens with zero attached hydrogens (tertiary/aromatic N) is 6. The van der Waals surface area contributed by atoms with Gasteiger partial charge >= 0.3 is 5.97 Å². The number of benzene rings is 1. The van der Waals surface area contributed by atoms with Crippen LogP contribution in [0.15, 0.2) is 67.5 Å². The first-order chi connectivity index (χ1) is 16.5. The maximum Gasteiger partial charge on any atom is 0.341 e. The smallest absolute Gasteiger partial charge is 0.341 e. The van der Waals surface area contributed by atoms with Crippen LogP contribution in [0.25, 0.3) is 11.3 Å². The number of rotatable bonds is 5. The monoisotopic (exact) mass is 461 g/mol. The van der Waals surface area contributed by atoms with Crippen molar-refractivity contribution in [3.8, 4) is 5.75 Å².